The third-order valence-electron chi connectivity index (χ3n) is 6.22. The summed E-state index contributed by atoms with van der Waals surface area (Å²) in [5, 5.41) is 5.32. The largest absolute Gasteiger partial charge is 0.433 e. The van der Waals surface area contributed by atoms with Gasteiger partial charge in [-0.15, -0.1) is 0 Å². The first-order chi connectivity index (χ1) is 17.8. The highest BCUT2D eigenvalue weighted by Crippen LogP contribution is 2.36. The van der Waals surface area contributed by atoms with Crippen molar-refractivity contribution in [3.63, 3.8) is 0 Å². The van der Waals surface area contributed by atoms with Gasteiger partial charge in [0.25, 0.3) is 0 Å². The maximum atomic E-state index is 15.1. The lowest BCUT2D eigenvalue weighted by molar-refractivity contribution is 0.616. The molecule has 0 aliphatic carbocycles. The van der Waals surface area contributed by atoms with Crippen LogP contribution in [0.2, 0.25) is 0 Å². The summed E-state index contributed by atoms with van der Waals surface area (Å²) in [7, 11) is 0. The topological polar surface area (TPSA) is 68.8 Å². The fourth-order valence-electron chi connectivity index (χ4n) is 4.63. The lowest BCUT2D eigenvalue weighted by atomic mass is 10.1. The van der Waals surface area contributed by atoms with Crippen LogP contribution in [0.1, 0.15) is 0 Å². The Balaban J connectivity index is 1.30. The van der Waals surface area contributed by atoms with E-state index < -0.39 is 0 Å². The zero-order chi connectivity index (χ0) is 24.1. The molecule has 172 valence electrons. The second-order valence-electron chi connectivity index (χ2n) is 8.41. The molecule has 0 atom stereocenters. The molecular formula is C29H18FN5O. The minimum Gasteiger partial charge on any atom is -0.433 e. The van der Waals surface area contributed by atoms with Gasteiger partial charge in [-0.3, -0.25) is 0 Å². The molecule has 36 heavy (non-hydrogen) atoms. The molecule has 0 saturated carbocycles. The van der Waals surface area contributed by atoms with Crippen molar-refractivity contribution in [3.8, 4) is 17.3 Å². The van der Waals surface area contributed by atoms with Crippen molar-refractivity contribution in [1.82, 2.24) is 19.5 Å². The van der Waals surface area contributed by atoms with Gasteiger partial charge in [0.2, 0.25) is 5.89 Å². The van der Waals surface area contributed by atoms with Gasteiger partial charge in [0, 0.05) is 17.0 Å². The number of aromatic nitrogens is 4. The number of nitrogens with zero attached hydrogens (tertiary/aromatic N) is 4. The molecule has 4 heterocycles. The first-order valence-electron chi connectivity index (χ1n) is 11.5. The lowest BCUT2D eigenvalue weighted by Gasteiger charge is -2.15. The van der Waals surface area contributed by atoms with Crippen molar-refractivity contribution in [1.29, 1.82) is 0 Å². The first kappa shape index (κ1) is 20.3. The van der Waals surface area contributed by atoms with Crippen LogP contribution in [-0.2, 0) is 0 Å². The number of anilines is 2. The summed E-state index contributed by atoms with van der Waals surface area (Å²) in [6.07, 6.45) is 3.40. The Morgan fingerprint density at radius 2 is 1.64 bits per heavy atom. The van der Waals surface area contributed by atoms with Gasteiger partial charge in [-0.05, 0) is 48.5 Å². The number of halogens is 1. The molecule has 0 aliphatic rings. The quantitative estimate of drug-likeness (QED) is 0.292. The van der Waals surface area contributed by atoms with Crippen LogP contribution >= 0.6 is 0 Å². The van der Waals surface area contributed by atoms with E-state index in [-0.39, 0.29) is 5.82 Å². The molecule has 0 unspecified atom stereocenters. The first-order valence-corrected chi connectivity index (χ1v) is 11.5. The second-order valence-corrected chi connectivity index (χ2v) is 8.41. The van der Waals surface area contributed by atoms with Gasteiger partial charge in [0.1, 0.15) is 11.5 Å². The van der Waals surface area contributed by atoms with Gasteiger partial charge >= 0.3 is 0 Å². The maximum absolute atomic E-state index is 15.1. The number of rotatable bonds is 4. The minimum absolute atomic E-state index is 0.266. The van der Waals surface area contributed by atoms with E-state index in [9.17, 15) is 0 Å². The number of hydrogen-bond acceptors (Lipinski definition) is 5. The molecule has 0 fully saturated rings. The number of oxazole rings is 1. The zero-order valence-electron chi connectivity index (χ0n) is 18.9. The second kappa shape index (κ2) is 8.02. The third kappa shape index (κ3) is 3.21. The number of benzene rings is 3. The minimum atomic E-state index is -0.266. The number of fused-ring (bicyclic) bond motifs is 4. The molecule has 0 amide bonds. The summed E-state index contributed by atoms with van der Waals surface area (Å²) < 4.78 is 22.9. The molecule has 7 aromatic rings. The summed E-state index contributed by atoms with van der Waals surface area (Å²) in [6, 6.07) is 28.4. The standard InChI is InChI=1S/C29H18FN5O/c30-21-9-5-8-20-19-7-1-3-11-24(19)35(27(20)21)25-12-4-2-10-22(25)33-18-14-15-23(32-17-18)29-34-28-26(36-29)13-6-16-31-28/h1-17,33H. The van der Waals surface area contributed by atoms with Crippen LogP contribution in [0, 0.1) is 5.82 Å². The molecule has 0 aliphatic heterocycles. The number of pyridine rings is 2. The monoisotopic (exact) mass is 471 g/mol. The van der Waals surface area contributed by atoms with Crippen molar-refractivity contribution in [2.75, 3.05) is 5.32 Å². The zero-order valence-corrected chi connectivity index (χ0v) is 18.9. The molecule has 3 aromatic carbocycles. The number of nitrogens with one attached hydrogen (secondary N) is 1. The molecule has 1 N–H and O–H groups in total. The Bertz CT molecular complexity index is 1860. The van der Waals surface area contributed by atoms with Crippen LogP contribution in [0.4, 0.5) is 15.8 Å². The van der Waals surface area contributed by atoms with E-state index in [2.05, 4.69) is 20.3 Å². The average molecular weight is 471 g/mol. The maximum Gasteiger partial charge on any atom is 0.247 e. The molecule has 4 aromatic heterocycles. The molecule has 6 nitrogen and oxygen atoms in total. The van der Waals surface area contributed by atoms with Crippen molar-refractivity contribution in [3.05, 3.63) is 109 Å². The van der Waals surface area contributed by atoms with E-state index in [4.69, 9.17) is 4.42 Å². The van der Waals surface area contributed by atoms with Crippen molar-refractivity contribution < 1.29 is 8.81 Å². The summed E-state index contributed by atoms with van der Waals surface area (Å²) in [5.41, 5.74) is 5.69. The SMILES string of the molecule is Fc1cccc2c3ccccc3n(-c3ccccc3Nc3ccc(-c4nc5ncccc5o4)nc3)c12. The molecule has 7 rings (SSSR count). The highest BCUT2D eigenvalue weighted by molar-refractivity contribution is 6.09. The van der Waals surface area contributed by atoms with E-state index in [1.165, 1.54) is 6.07 Å². The van der Waals surface area contributed by atoms with Gasteiger partial charge in [-0.25, -0.2) is 14.4 Å². The number of hydrogen-bond donors (Lipinski definition) is 1. The molecule has 0 saturated heterocycles. The van der Waals surface area contributed by atoms with Gasteiger partial charge in [-0.1, -0.05) is 42.5 Å². The Labute approximate surface area is 204 Å². The Morgan fingerprint density at radius 1 is 0.778 bits per heavy atom. The highest BCUT2D eigenvalue weighted by atomic mass is 19.1. The van der Waals surface area contributed by atoms with Crippen molar-refractivity contribution in [2.45, 2.75) is 0 Å². The Hall–Kier alpha value is -5.04. The predicted octanol–water partition coefficient (Wildman–Crippen LogP) is 7.26. The fraction of sp³-hybridized carbons (Fsp3) is 0. The molecule has 0 radical (unpaired) electrons. The Kier molecular flexibility index (Phi) is 4.53. The van der Waals surface area contributed by atoms with Crippen molar-refractivity contribution in [2.24, 2.45) is 0 Å². The molecule has 0 spiro atoms. The van der Waals surface area contributed by atoms with E-state index >= 15 is 4.39 Å². The summed E-state index contributed by atoms with van der Waals surface area (Å²) in [5.74, 6) is 0.147. The average Bonchev–Trinajstić information content (AvgIpc) is 3.50. The normalized spacial score (nSPS) is 11.5. The summed E-state index contributed by atoms with van der Waals surface area (Å²) >= 11 is 0. The lowest BCUT2D eigenvalue weighted by Crippen LogP contribution is -2.01. The van der Waals surface area contributed by atoms with Crippen LogP contribution in [-0.4, -0.2) is 19.5 Å². The highest BCUT2D eigenvalue weighted by Gasteiger charge is 2.17. The molecule has 7 heteroatoms. The van der Waals surface area contributed by atoms with Gasteiger partial charge < -0.3 is 14.3 Å². The number of para-hydroxylation sites is 4. The molecular weight excluding hydrogens is 453 g/mol. The molecule has 0 bridgehead atoms. The van der Waals surface area contributed by atoms with E-state index in [0.29, 0.717) is 28.3 Å². The van der Waals surface area contributed by atoms with Crippen LogP contribution in [0.25, 0.3) is 50.3 Å². The van der Waals surface area contributed by atoms with E-state index in [1.54, 1.807) is 24.5 Å². The van der Waals surface area contributed by atoms with Crippen LogP contribution in [0.5, 0.6) is 0 Å². The fourth-order valence-corrected chi connectivity index (χ4v) is 4.63. The van der Waals surface area contributed by atoms with Crippen molar-refractivity contribution >= 4 is 44.4 Å². The van der Waals surface area contributed by atoms with Crippen LogP contribution in [0.15, 0.2) is 108 Å². The van der Waals surface area contributed by atoms with E-state index in [0.717, 1.165) is 33.4 Å². The summed E-state index contributed by atoms with van der Waals surface area (Å²) in [4.78, 5) is 13.2. The van der Waals surface area contributed by atoms with Gasteiger partial charge in [0.05, 0.1) is 34.3 Å². The van der Waals surface area contributed by atoms with Gasteiger partial charge in [0.15, 0.2) is 11.2 Å². The third-order valence-corrected chi connectivity index (χ3v) is 6.22. The van der Waals surface area contributed by atoms with Gasteiger partial charge in [-0.2, -0.15) is 4.98 Å². The predicted molar refractivity (Wildman–Crippen MR) is 139 cm³/mol. The smallest absolute Gasteiger partial charge is 0.247 e. The van der Waals surface area contributed by atoms with Crippen LogP contribution in [0.3, 0.4) is 0 Å². The van der Waals surface area contributed by atoms with E-state index in [1.807, 2.05) is 77.4 Å². The van der Waals surface area contributed by atoms with Crippen LogP contribution < -0.4 is 5.32 Å². The Morgan fingerprint density at radius 3 is 2.53 bits per heavy atom. The summed E-state index contributed by atoms with van der Waals surface area (Å²) in [6.45, 7) is 0.